The number of amides is 1. The first-order valence-corrected chi connectivity index (χ1v) is 6.64. The van der Waals surface area contributed by atoms with Crippen molar-refractivity contribution < 1.29 is 9.53 Å². The maximum absolute atomic E-state index is 11.8. The molecule has 0 aromatic heterocycles. The molecular weight excluding hydrogens is 240 g/mol. The van der Waals surface area contributed by atoms with Crippen molar-refractivity contribution in [2.45, 2.75) is 32.7 Å². The second-order valence-electron chi connectivity index (χ2n) is 5.10. The zero-order valence-corrected chi connectivity index (χ0v) is 12.2. The van der Waals surface area contributed by atoms with Crippen LogP contribution in [0.3, 0.4) is 0 Å². The zero-order chi connectivity index (χ0) is 14.4. The molecule has 4 nitrogen and oxygen atoms in total. The molecule has 1 amide bonds. The van der Waals surface area contributed by atoms with Crippen LogP contribution < -0.4 is 10.5 Å². The van der Waals surface area contributed by atoms with E-state index in [2.05, 4.69) is 13.8 Å². The molecule has 0 aliphatic rings. The van der Waals surface area contributed by atoms with Crippen LogP contribution in [0.2, 0.25) is 0 Å². The van der Waals surface area contributed by atoms with Crippen molar-refractivity contribution in [3.8, 4) is 5.75 Å². The second kappa shape index (κ2) is 7.14. The van der Waals surface area contributed by atoms with E-state index in [0.29, 0.717) is 18.2 Å². The van der Waals surface area contributed by atoms with Gasteiger partial charge in [0, 0.05) is 19.6 Å². The predicted octanol–water partition coefficient (Wildman–Crippen LogP) is 1.99. The molecule has 1 rings (SSSR count). The van der Waals surface area contributed by atoms with Gasteiger partial charge in [-0.1, -0.05) is 26.0 Å². The lowest BCUT2D eigenvalue weighted by Gasteiger charge is -2.23. The fraction of sp³-hybridized carbons (Fsp3) is 0.533. The number of likely N-dealkylation sites (N-methyl/N-ethyl adjacent to an activating group) is 1. The highest BCUT2D eigenvalue weighted by Crippen LogP contribution is 2.18. The molecule has 19 heavy (non-hydrogen) atoms. The summed E-state index contributed by atoms with van der Waals surface area (Å²) in [6.45, 7) is 6.69. The van der Waals surface area contributed by atoms with E-state index < -0.39 is 0 Å². The van der Waals surface area contributed by atoms with Crippen molar-refractivity contribution >= 4 is 5.91 Å². The van der Waals surface area contributed by atoms with Gasteiger partial charge in [-0.2, -0.15) is 0 Å². The smallest absolute Gasteiger partial charge is 0.260 e. The Balaban J connectivity index is 2.50. The lowest BCUT2D eigenvalue weighted by Crippen LogP contribution is -2.42. The van der Waals surface area contributed by atoms with Crippen molar-refractivity contribution in [3.05, 3.63) is 29.8 Å². The Kier molecular flexibility index (Phi) is 5.83. The van der Waals surface area contributed by atoms with Crippen LogP contribution in [-0.2, 0) is 4.79 Å². The molecule has 1 aromatic carbocycles. The highest BCUT2D eigenvalue weighted by Gasteiger charge is 2.14. The molecule has 0 radical (unpaired) electrons. The third kappa shape index (κ3) is 4.56. The van der Waals surface area contributed by atoms with Gasteiger partial charge < -0.3 is 15.4 Å². The van der Waals surface area contributed by atoms with Crippen LogP contribution in [-0.4, -0.2) is 37.0 Å². The largest absolute Gasteiger partial charge is 0.484 e. The molecule has 1 atom stereocenters. The Morgan fingerprint density at radius 1 is 1.26 bits per heavy atom. The van der Waals surface area contributed by atoms with Crippen molar-refractivity contribution in [2.75, 3.05) is 20.2 Å². The standard InChI is InChI=1S/C15H24N2O2/c1-11(2)13-5-7-14(8-6-13)19-10-15(18)17(4)12(3)9-16/h5-8,11-12H,9-10,16H2,1-4H3. The number of carbonyl (C=O) groups is 1. The molecule has 2 N–H and O–H groups in total. The Hall–Kier alpha value is -1.55. The molecule has 0 heterocycles. The summed E-state index contributed by atoms with van der Waals surface area (Å²) in [5.74, 6) is 1.14. The fourth-order valence-corrected chi connectivity index (χ4v) is 1.60. The van der Waals surface area contributed by atoms with Gasteiger partial charge in [-0.15, -0.1) is 0 Å². The normalized spacial score (nSPS) is 12.3. The highest BCUT2D eigenvalue weighted by molar-refractivity contribution is 5.77. The van der Waals surface area contributed by atoms with E-state index in [9.17, 15) is 4.79 Å². The van der Waals surface area contributed by atoms with Crippen LogP contribution in [0.5, 0.6) is 5.75 Å². The minimum Gasteiger partial charge on any atom is -0.484 e. The lowest BCUT2D eigenvalue weighted by atomic mass is 10.0. The van der Waals surface area contributed by atoms with Gasteiger partial charge in [0.1, 0.15) is 5.75 Å². The summed E-state index contributed by atoms with van der Waals surface area (Å²) < 4.78 is 5.49. The average molecular weight is 264 g/mol. The van der Waals surface area contributed by atoms with Gasteiger partial charge in [0.05, 0.1) is 0 Å². The molecule has 0 bridgehead atoms. The molecule has 0 saturated heterocycles. The third-order valence-electron chi connectivity index (χ3n) is 3.30. The summed E-state index contributed by atoms with van der Waals surface area (Å²) in [5, 5.41) is 0. The summed E-state index contributed by atoms with van der Waals surface area (Å²) in [4.78, 5) is 13.5. The van der Waals surface area contributed by atoms with Gasteiger partial charge in [-0.25, -0.2) is 0 Å². The first kappa shape index (κ1) is 15.5. The van der Waals surface area contributed by atoms with Crippen LogP contribution in [0, 0.1) is 0 Å². The van der Waals surface area contributed by atoms with E-state index in [-0.39, 0.29) is 18.6 Å². The number of ether oxygens (including phenoxy) is 1. The van der Waals surface area contributed by atoms with E-state index in [1.54, 1.807) is 11.9 Å². The van der Waals surface area contributed by atoms with E-state index in [0.717, 1.165) is 0 Å². The Bertz CT molecular complexity index is 401. The number of carbonyl (C=O) groups excluding carboxylic acids is 1. The molecule has 0 spiro atoms. The maximum atomic E-state index is 11.8. The summed E-state index contributed by atoms with van der Waals surface area (Å²) in [6, 6.07) is 7.87. The number of hydrogen-bond donors (Lipinski definition) is 1. The van der Waals surface area contributed by atoms with Crippen molar-refractivity contribution in [1.29, 1.82) is 0 Å². The monoisotopic (exact) mass is 264 g/mol. The second-order valence-corrected chi connectivity index (χ2v) is 5.10. The summed E-state index contributed by atoms with van der Waals surface area (Å²) in [7, 11) is 1.74. The van der Waals surface area contributed by atoms with Crippen LogP contribution in [0.1, 0.15) is 32.3 Å². The Morgan fingerprint density at radius 2 is 1.84 bits per heavy atom. The molecule has 0 fully saturated rings. The number of hydrogen-bond acceptors (Lipinski definition) is 3. The van der Waals surface area contributed by atoms with Gasteiger partial charge >= 0.3 is 0 Å². The van der Waals surface area contributed by atoms with Crippen LogP contribution in [0.15, 0.2) is 24.3 Å². The summed E-state index contributed by atoms with van der Waals surface area (Å²) in [6.07, 6.45) is 0. The fourth-order valence-electron chi connectivity index (χ4n) is 1.60. The van der Waals surface area contributed by atoms with Crippen molar-refractivity contribution in [2.24, 2.45) is 5.73 Å². The third-order valence-corrected chi connectivity index (χ3v) is 3.30. The van der Waals surface area contributed by atoms with Crippen molar-refractivity contribution in [1.82, 2.24) is 4.90 Å². The quantitative estimate of drug-likeness (QED) is 0.855. The first-order valence-electron chi connectivity index (χ1n) is 6.64. The highest BCUT2D eigenvalue weighted by atomic mass is 16.5. The molecule has 4 heteroatoms. The molecule has 1 aromatic rings. The summed E-state index contributed by atoms with van der Waals surface area (Å²) >= 11 is 0. The van der Waals surface area contributed by atoms with Gasteiger partial charge in [0.15, 0.2) is 6.61 Å². The van der Waals surface area contributed by atoms with E-state index in [4.69, 9.17) is 10.5 Å². The SMILES string of the molecule is CC(C)c1ccc(OCC(=O)N(C)C(C)CN)cc1. The van der Waals surface area contributed by atoms with Gasteiger partial charge in [-0.3, -0.25) is 4.79 Å². The minimum absolute atomic E-state index is 0.0272. The van der Waals surface area contributed by atoms with Crippen LogP contribution >= 0.6 is 0 Å². The van der Waals surface area contributed by atoms with Gasteiger partial charge in [-0.05, 0) is 30.5 Å². The molecule has 1 unspecified atom stereocenters. The number of rotatable bonds is 6. The van der Waals surface area contributed by atoms with Crippen LogP contribution in [0.25, 0.3) is 0 Å². The van der Waals surface area contributed by atoms with Crippen LogP contribution in [0.4, 0.5) is 0 Å². The number of nitrogens with two attached hydrogens (primary N) is 1. The van der Waals surface area contributed by atoms with Gasteiger partial charge in [0.25, 0.3) is 5.91 Å². The van der Waals surface area contributed by atoms with Crippen molar-refractivity contribution in [3.63, 3.8) is 0 Å². The molecule has 0 aliphatic heterocycles. The number of nitrogens with zero attached hydrogens (tertiary/aromatic N) is 1. The average Bonchev–Trinajstić information content (AvgIpc) is 2.43. The molecular formula is C15H24N2O2. The van der Waals surface area contributed by atoms with E-state index >= 15 is 0 Å². The van der Waals surface area contributed by atoms with E-state index in [1.807, 2.05) is 31.2 Å². The Labute approximate surface area is 115 Å². The molecule has 0 saturated carbocycles. The topological polar surface area (TPSA) is 55.6 Å². The number of benzene rings is 1. The molecule has 0 aliphatic carbocycles. The maximum Gasteiger partial charge on any atom is 0.260 e. The summed E-state index contributed by atoms with van der Waals surface area (Å²) in [5.41, 5.74) is 6.79. The van der Waals surface area contributed by atoms with Gasteiger partial charge in [0.2, 0.25) is 0 Å². The van der Waals surface area contributed by atoms with E-state index in [1.165, 1.54) is 5.56 Å². The zero-order valence-electron chi connectivity index (χ0n) is 12.2. The lowest BCUT2D eigenvalue weighted by molar-refractivity contribution is -0.133. The predicted molar refractivity (Wildman–Crippen MR) is 77.3 cm³/mol. The molecule has 106 valence electrons. The first-order chi connectivity index (χ1) is 8.95. The minimum atomic E-state index is -0.0640. The Morgan fingerprint density at radius 3 is 2.32 bits per heavy atom.